The molecule has 0 atom stereocenters. The molecule has 0 aliphatic heterocycles. The molecule has 1 fully saturated rings. The topological polar surface area (TPSA) is 49.8 Å². The average Bonchev–Trinajstić information content (AvgIpc) is 3.38. The molecule has 21 heavy (non-hydrogen) atoms. The molecule has 1 aliphatic carbocycles. The maximum absolute atomic E-state index is 4.63. The summed E-state index contributed by atoms with van der Waals surface area (Å²) in [5.74, 6) is 3.31. The maximum atomic E-state index is 4.63. The van der Waals surface area contributed by atoms with E-state index in [0.29, 0.717) is 5.92 Å². The molecule has 0 radical (unpaired) electrons. The second-order valence-electron chi connectivity index (χ2n) is 5.54. The monoisotopic (exact) mass is 282 g/mol. The van der Waals surface area contributed by atoms with E-state index in [1.807, 2.05) is 13.1 Å². The molecule has 1 aromatic carbocycles. The van der Waals surface area contributed by atoms with Crippen LogP contribution in [0.5, 0.6) is 0 Å². The normalized spacial score (nSPS) is 14.0. The molecule has 110 valence electrons. The summed E-state index contributed by atoms with van der Waals surface area (Å²) in [6.45, 7) is 2.96. The first-order valence-corrected chi connectivity index (χ1v) is 7.67. The average molecular weight is 282 g/mol. The first-order valence-electron chi connectivity index (χ1n) is 7.67. The van der Waals surface area contributed by atoms with Crippen molar-refractivity contribution in [2.75, 3.05) is 17.7 Å². The van der Waals surface area contributed by atoms with Crippen molar-refractivity contribution in [2.45, 2.75) is 38.6 Å². The van der Waals surface area contributed by atoms with Crippen molar-refractivity contribution < 1.29 is 0 Å². The molecule has 0 unspecified atom stereocenters. The Morgan fingerprint density at radius 3 is 2.33 bits per heavy atom. The quantitative estimate of drug-likeness (QED) is 0.850. The van der Waals surface area contributed by atoms with Crippen LogP contribution in [-0.4, -0.2) is 17.0 Å². The van der Waals surface area contributed by atoms with E-state index in [2.05, 4.69) is 51.8 Å². The molecule has 4 nitrogen and oxygen atoms in total. The van der Waals surface area contributed by atoms with Gasteiger partial charge in [0.25, 0.3) is 0 Å². The largest absolute Gasteiger partial charge is 0.373 e. The fourth-order valence-electron chi connectivity index (χ4n) is 2.29. The third kappa shape index (κ3) is 3.51. The van der Waals surface area contributed by atoms with Crippen molar-refractivity contribution in [1.82, 2.24) is 9.97 Å². The minimum Gasteiger partial charge on any atom is -0.373 e. The van der Waals surface area contributed by atoms with Gasteiger partial charge in [-0.3, -0.25) is 0 Å². The molecule has 0 amide bonds. The highest BCUT2D eigenvalue weighted by Gasteiger charge is 2.27. The van der Waals surface area contributed by atoms with E-state index >= 15 is 0 Å². The second-order valence-corrected chi connectivity index (χ2v) is 5.54. The second kappa shape index (κ2) is 6.12. The Morgan fingerprint density at radius 2 is 1.71 bits per heavy atom. The van der Waals surface area contributed by atoms with Gasteiger partial charge in [-0.2, -0.15) is 0 Å². The van der Waals surface area contributed by atoms with Crippen molar-refractivity contribution in [3.63, 3.8) is 0 Å². The Morgan fingerprint density at radius 1 is 1.05 bits per heavy atom. The number of hydrogen-bond donors (Lipinski definition) is 2. The van der Waals surface area contributed by atoms with E-state index < -0.39 is 0 Å². The van der Waals surface area contributed by atoms with Gasteiger partial charge in [-0.15, -0.1) is 0 Å². The molecule has 1 aromatic heterocycles. The van der Waals surface area contributed by atoms with Crippen LogP contribution in [0.4, 0.5) is 11.6 Å². The van der Waals surface area contributed by atoms with Gasteiger partial charge in [0.1, 0.15) is 17.5 Å². The van der Waals surface area contributed by atoms with Crippen LogP contribution in [-0.2, 0) is 13.0 Å². The van der Waals surface area contributed by atoms with E-state index in [1.54, 1.807) is 0 Å². The van der Waals surface area contributed by atoms with E-state index in [-0.39, 0.29) is 0 Å². The molecule has 4 heteroatoms. The van der Waals surface area contributed by atoms with Crippen molar-refractivity contribution in [3.8, 4) is 0 Å². The highest BCUT2D eigenvalue weighted by Crippen LogP contribution is 2.38. The van der Waals surface area contributed by atoms with Crippen LogP contribution in [0.1, 0.15) is 42.6 Å². The SMILES string of the molecule is CCc1ccc(CNc2cc(NC)nc(C3CC3)n2)cc1. The Hall–Kier alpha value is -2.10. The number of aromatic nitrogens is 2. The lowest BCUT2D eigenvalue weighted by Gasteiger charge is -2.10. The van der Waals surface area contributed by atoms with Crippen LogP contribution < -0.4 is 10.6 Å². The summed E-state index contributed by atoms with van der Waals surface area (Å²) in [6, 6.07) is 10.7. The molecule has 1 aliphatic rings. The van der Waals surface area contributed by atoms with Crippen LogP contribution in [0.15, 0.2) is 30.3 Å². The number of benzene rings is 1. The van der Waals surface area contributed by atoms with E-state index in [0.717, 1.165) is 30.4 Å². The molecular weight excluding hydrogens is 260 g/mol. The highest BCUT2D eigenvalue weighted by atomic mass is 15.1. The first-order chi connectivity index (χ1) is 10.3. The summed E-state index contributed by atoms with van der Waals surface area (Å²) < 4.78 is 0. The van der Waals surface area contributed by atoms with Gasteiger partial charge in [0, 0.05) is 25.6 Å². The third-order valence-corrected chi connectivity index (χ3v) is 3.85. The smallest absolute Gasteiger partial charge is 0.136 e. The minimum absolute atomic E-state index is 0.558. The fourth-order valence-corrected chi connectivity index (χ4v) is 2.29. The van der Waals surface area contributed by atoms with Gasteiger partial charge in [-0.1, -0.05) is 31.2 Å². The number of nitrogens with one attached hydrogen (secondary N) is 2. The van der Waals surface area contributed by atoms with Crippen molar-refractivity contribution in [3.05, 3.63) is 47.3 Å². The number of hydrogen-bond acceptors (Lipinski definition) is 4. The van der Waals surface area contributed by atoms with Crippen LogP contribution in [0.2, 0.25) is 0 Å². The van der Waals surface area contributed by atoms with Gasteiger partial charge >= 0.3 is 0 Å². The summed E-state index contributed by atoms with van der Waals surface area (Å²) in [5.41, 5.74) is 2.64. The van der Waals surface area contributed by atoms with Crippen LogP contribution in [0.25, 0.3) is 0 Å². The Balaban J connectivity index is 1.69. The van der Waals surface area contributed by atoms with Gasteiger partial charge in [-0.25, -0.2) is 9.97 Å². The van der Waals surface area contributed by atoms with Crippen molar-refractivity contribution >= 4 is 11.6 Å². The Kier molecular flexibility index (Phi) is 4.04. The summed E-state index contributed by atoms with van der Waals surface area (Å²) in [6.07, 6.45) is 3.51. The van der Waals surface area contributed by atoms with Gasteiger partial charge in [0.2, 0.25) is 0 Å². The number of anilines is 2. The molecule has 0 spiro atoms. The van der Waals surface area contributed by atoms with Gasteiger partial charge in [0.05, 0.1) is 0 Å². The zero-order chi connectivity index (χ0) is 14.7. The van der Waals surface area contributed by atoms with E-state index in [4.69, 9.17) is 0 Å². The van der Waals surface area contributed by atoms with Crippen molar-refractivity contribution in [1.29, 1.82) is 0 Å². The Bertz CT molecular complexity index is 603. The summed E-state index contributed by atoms with van der Waals surface area (Å²) in [4.78, 5) is 9.16. The molecule has 1 heterocycles. The predicted octanol–water partition coefficient (Wildman–Crippen LogP) is 3.57. The molecule has 1 saturated carbocycles. The number of rotatable bonds is 6. The summed E-state index contributed by atoms with van der Waals surface area (Å²) in [7, 11) is 1.90. The summed E-state index contributed by atoms with van der Waals surface area (Å²) in [5, 5.41) is 6.52. The Labute approximate surface area is 126 Å². The first kappa shape index (κ1) is 13.9. The van der Waals surface area contributed by atoms with Gasteiger partial charge in [0.15, 0.2) is 0 Å². The standard InChI is InChI=1S/C17H22N4/c1-3-12-4-6-13(7-5-12)11-19-16-10-15(18-2)20-17(21-16)14-8-9-14/h4-7,10,14H,3,8-9,11H2,1-2H3,(H2,18,19,20,21). The molecular formula is C17H22N4. The van der Waals surface area contributed by atoms with Crippen molar-refractivity contribution in [2.24, 2.45) is 0 Å². The molecule has 2 aromatic rings. The lowest BCUT2D eigenvalue weighted by molar-refractivity contribution is 0.922. The zero-order valence-corrected chi connectivity index (χ0v) is 12.7. The molecule has 0 bridgehead atoms. The van der Waals surface area contributed by atoms with Crippen LogP contribution in [0, 0.1) is 0 Å². The number of nitrogens with zero attached hydrogens (tertiary/aromatic N) is 2. The van der Waals surface area contributed by atoms with E-state index in [1.165, 1.54) is 24.0 Å². The van der Waals surface area contributed by atoms with E-state index in [9.17, 15) is 0 Å². The lowest BCUT2D eigenvalue weighted by Crippen LogP contribution is -2.06. The number of aryl methyl sites for hydroxylation is 1. The minimum atomic E-state index is 0.558. The van der Waals surface area contributed by atoms with Gasteiger partial charge < -0.3 is 10.6 Å². The third-order valence-electron chi connectivity index (χ3n) is 3.85. The highest BCUT2D eigenvalue weighted by molar-refractivity contribution is 5.48. The molecule has 2 N–H and O–H groups in total. The molecule has 0 saturated heterocycles. The molecule has 3 rings (SSSR count). The maximum Gasteiger partial charge on any atom is 0.136 e. The van der Waals surface area contributed by atoms with Gasteiger partial charge in [-0.05, 0) is 30.4 Å². The summed E-state index contributed by atoms with van der Waals surface area (Å²) >= 11 is 0. The van der Waals surface area contributed by atoms with Crippen LogP contribution >= 0.6 is 0 Å². The lowest BCUT2D eigenvalue weighted by atomic mass is 10.1. The zero-order valence-electron chi connectivity index (χ0n) is 12.7. The fraction of sp³-hybridized carbons (Fsp3) is 0.412. The van der Waals surface area contributed by atoms with Crippen LogP contribution in [0.3, 0.4) is 0 Å². The predicted molar refractivity (Wildman–Crippen MR) is 86.7 cm³/mol.